The van der Waals surface area contributed by atoms with E-state index in [9.17, 15) is 13.2 Å². The third kappa shape index (κ3) is 10.8. The predicted molar refractivity (Wildman–Crippen MR) is 66.7 cm³/mol. The van der Waals surface area contributed by atoms with Crippen molar-refractivity contribution in [3.8, 4) is 0 Å². The number of allylic oxidation sites excluding steroid dienone is 1. The highest BCUT2D eigenvalue weighted by Gasteiger charge is 2.03. The summed E-state index contributed by atoms with van der Waals surface area (Å²) in [4.78, 5) is 14.0. The largest absolute Gasteiger partial charge is 0.478 e. The van der Waals surface area contributed by atoms with E-state index in [0.29, 0.717) is 0 Å². The second-order valence-electron chi connectivity index (χ2n) is 3.29. The lowest BCUT2D eigenvalue weighted by atomic mass is 10.2. The van der Waals surface area contributed by atoms with Crippen LogP contribution in [0.2, 0.25) is 0 Å². The standard InChI is InChI=1S/C6H10O5S.C5H5N/c1-5(6(7)8)3-2-4-12(9,10)11;1-2-4-6-5-3-1/h3H,2,4H2,1H3,(H,7,8)(H,9,10,11);1-5H. The van der Waals surface area contributed by atoms with Gasteiger partial charge in [-0.3, -0.25) is 9.54 Å². The van der Waals surface area contributed by atoms with Crippen molar-refractivity contribution in [2.45, 2.75) is 13.3 Å². The predicted octanol–water partition coefficient (Wildman–Crippen LogP) is 1.38. The summed E-state index contributed by atoms with van der Waals surface area (Å²) < 4.78 is 28.6. The van der Waals surface area contributed by atoms with Crippen molar-refractivity contribution in [1.82, 2.24) is 4.98 Å². The van der Waals surface area contributed by atoms with E-state index in [1.807, 2.05) is 18.2 Å². The molecule has 0 aromatic carbocycles. The molecule has 1 rings (SSSR count). The van der Waals surface area contributed by atoms with Gasteiger partial charge in [-0.1, -0.05) is 12.1 Å². The molecule has 0 radical (unpaired) electrons. The molecule has 0 spiro atoms. The molecular formula is C11H15NO5S. The van der Waals surface area contributed by atoms with Crippen molar-refractivity contribution in [2.24, 2.45) is 0 Å². The Kier molecular flexibility index (Phi) is 7.57. The SMILES string of the molecule is CC(=CCCS(=O)(=O)O)C(=O)O.c1ccncc1. The van der Waals surface area contributed by atoms with Gasteiger partial charge in [0.15, 0.2) is 0 Å². The molecule has 0 aliphatic heterocycles. The fourth-order valence-corrected chi connectivity index (χ4v) is 1.24. The van der Waals surface area contributed by atoms with Gasteiger partial charge >= 0.3 is 5.97 Å². The number of aliphatic carboxylic acids is 1. The minimum atomic E-state index is -3.98. The van der Waals surface area contributed by atoms with Crippen LogP contribution in [0.3, 0.4) is 0 Å². The number of carboxylic acids is 1. The molecular weight excluding hydrogens is 258 g/mol. The summed E-state index contributed by atoms with van der Waals surface area (Å²) in [7, 11) is -3.98. The number of carboxylic acid groups (broad SMARTS) is 1. The molecule has 7 heteroatoms. The Morgan fingerprint density at radius 3 is 2.11 bits per heavy atom. The summed E-state index contributed by atoms with van der Waals surface area (Å²) in [5.74, 6) is -1.54. The van der Waals surface area contributed by atoms with Crippen LogP contribution in [0.4, 0.5) is 0 Å². The van der Waals surface area contributed by atoms with E-state index in [2.05, 4.69) is 4.98 Å². The Balaban J connectivity index is 0.000000397. The maximum absolute atomic E-state index is 10.2. The number of rotatable bonds is 4. The monoisotopic (exact) mass is 273 g/mol. The van der Waals surface area contributed by atoms with Crippen LogP contribution in [0.25, 0.3) is 0 Å². The van der Waals surface area contributed by atoms with Gasteiger partial charge in [0.2, 0.25) is 0 Å². The van der Waals surface area contributed by atoms with Crippen molar-refractivity contribution in [3.05, 3.63) is 42.2 Å². The molecule has 0 amide bonds. The molecule has 1 aromatic heterocycles. The minimum Gasteiger partial charge on any atom is -0.478 e. The van der Waals surface area contributed by atoms with Crippen LogP contribution in [0.15, 0.2) is 42.2 Å². The molecule has 0 atom stereocenters. The molecule has 1 aromatic rings. The molecule has 0 aliphatic rings. The lowest BCUT2D eigenvalue weighted by Gasteiger charge is -1.93. The van der Waals surface area contributed by atoms with E-state index in [1.54, 1.807) is 12.4 Å². The van der Waals surface area contributed by atoms with Crippen molar-refractivity contribution >= 4 is 16.1 Å². The molecule has 6 nitrogen and oxygen atoms in total. The minimum absolute atomic E-state index is 0.0109. The first-order valence-electron chi connectivity index (χ1n) is 5.03. The van der Waals surface area contributed by atoms with Crippen LogP contribution in [-0.2, 0) is 14.9 Å². The number of carbonyl (C=O) groups is 1. The average molecular weight is 273 g/mol. The van der Waals surface area contributed by atoms with Gasteiger partial charge in [-0.25, -0.2) is 4.79 Å². The highest BCUT2D eigenvalue weighted by molar-refractivity contribution is 7.85. The third-order valence-corrected chi connectivity index (χ3v) is 2.48. The molecule has 2 N–H and O–H groups in total. The van der Waals surface area contributed by atoms with E-state index in [4.69, 9.17) is 9.66 Å². The van der Waals surface area contributed by atoms with Crippen LogP contribution in [0, 0.1) is 0 Å². The van der Waals surface area contributed by atoms with Gasteiger partial charge in [0.1, 0.15) is 0 Å². The van der Waals surface area contributed by atoms with Crippen LogP contribution in [-0.4, -0.2) is 34.8 Å². The van der Waals surface area contributed by atoms with Crippen LogP contribution in [0.1, 0.15) is 13.3 Å². The van der Waals surface area contributed by atoms with Crippen LogP contribution >= 0.6 is 0 Å². The summed E-state index contributed by atoms with van der Waals surface area (Å²) in [6.45, 7) is 1.35. The van der Waals surface area contributed by atoms with Gasteiger partial charge in [-0.05, 0) is 25.5 Å². The highest BCUT2D eigenvalue weighted by Crippen LogP contribution is 1.97. The molecule has 18 heavy (non-hydrogen) atoms. The summed E-state index contributed by atoms with van der Waals surface area (Å²) >= 11 is 0. The van der Waals surface area contributed by atoms with E-state index in [0.717, 1.165) is 0 Å². The first-order chi connectivity index (χ1) is 8.33. The fourth-order valence-electron chi connectivity index (χ4n) is 0.824. The number of hydrogen-bond acceptors (Lipinski definition) is 4. The molecule has 0 saturated carbocycles. The van der Waals surface area contributed by atoms with Crippen molar-refractivity contribution in [1.29, 1.82) is 0 Å². The topological polar surface area (TPSA) is 105 Å². The Bertz CT molecular complexity index is 455. The number of aromatic nitrogens is 1. The fraction of sp³-hybridized carbons (Fsp3) is 0.273. The Morgan fingerprint density at radius 1 is 1.28 bits per heavy atom. The average Bonchev–Trinajstić information content (AvgIpc) is 2.30. The molecule has 0 aliphatic carbocycles. The van der Waals surface area contributed by atoms with Gasteiger partial charge in [-0.15, -0.1) is 0 Å². The summed E-state index contributed by atoms with van der Waals surface area (Å²) in [5.41, 5.74) is 0.0682. The second kappa shape index (κ2) is 8.37. The molecule has 0 fully saturated rings. The first kappa shape index (κ1) is 16.3. The maximum Gasteiger partial charge on any atom is 0.330 e. The quantitative estimate of drug-likeness (QED) is 0.634. The summed E-state index contributed by atoms with van der Waals surface area (Å²) in [6, 6.07) is 5.72. The van der Waals surface area contributed by atoms with Gasteiger partial charge < -0.3 is 5.11 Å². The number of nitrogens with zero attached hydrogens (tertiary/aromatic N) is 1. The molecule has 0 unspecified atom stereocenters. The summed E-state index contributed by atoms with van der Waals surface area (Å²) in [6.07, 6.45) is 4.76. The normalized spacial score (nSPS) is 11.3. The zero-order valence-electron chi connectivity index (χ0n) is 9.85. The van der Waals surface area contributed by atoms with Gasteiger partial charge in [-0.2, -0.15) is 8.42 Å². The lowest BCUT2D eigenvalue weighted by molar-refractivity contribution is -0.132. The zero-order valence-corrected chi connectivity index (χ0v) is 10.7. The molecule has 0 bridgehead atoms. The number of pyridine rings is 1. The maximum atomic E-state index is 10.2. The van der Waals surface area contributed by atoms with Gasteiger partial charge in [0.25, 0.3) is 10.1 Å². The highest BCUT2D eigenvalue weighted by atomic mass is 32.2. The second-order valence-corrected chi connectivity index (χ2v) is 4.86. The van der Waals surface area contributed by atoms with Crippen molar-refractivity contribution in [2.75, 3.05) is 5.75 Å². The van der Waals surface area contributed by atoms with Gasteiger partial charge in [0, 0.05) is 18.0 Å². The third-order valence-electron chi connectivity index (χ3n) is 1.73. The smallest absolute Gasteiger partial charge is 0.330 e. The Morgan fingerprint density at radius 2 is 1.83 bits per heavy atom. The Labute approximate surface area is 106 Å². The van der Waals surface area contributed by atoms with Gasteiger partial charge in [0.05, 0.1) is 5.75 Å². The van der Waals surface area contributed by atoms with Crippen LogP contribution < -0.4 is 0 Å². The van der Waals surface area contributed by atoms with E-state index >= 15 is 0 Å². The first-order valence-corrected chi connectivity index (χ1v) is 6.64. The molecule has 1 heterocycles. The van der Waals surface area contributed by atoms with E-state index in [-0.39, 0.29) is 12.0 Å². The molecule has 100 valence electrons. The number of hydrogen-bond donors (Lipinski definition) is 2. The summed E-state index contributed by atoms with van der Waals surface area (Å²) in [5, 5.41) is 8.33. The zero-order chi connectivity index (χ0) is 14.0. The molecule has 0 saturated heterocycles. The van der Waals surface area contributed by atoms with E-state index < -0.39 is 21.8 Å². The van der Waals surface area contributed by atoms with E-state index in [1.165, 1.54) is 13.0 Å². The lowest BCUT2D eigenvalue weighted by Crippen LogP contribution is -2.03. The van der Waals surface area contributed by atoms with Crippen molar-refractivity contribution < 1.29 is 22.9 Å². The Hall–Kier alpha value is -1.73. The van der Waals surface area contributed by atoms with Crippen molar-refractivity contribution in [3.63, 3.8) is 0 Å². The van der Waals surface area contributed by atoms with Crippen LogP contribution in [0.5, 0.6) is 0 Å².